The molecule has 0 spiro atoms. The number of hydrogen-bond acceptors (Lipinski definition) is 5. The zero-order valence-electron chi connectivity index (χ0n) is 16.7. The van der Waals surface area contributed by atoms with Crippen molar-refractivity contribution < 1.29 is 9.42 Å². The molecule has 0 aromatic carbocycles. The molecule has 1 atom stereocenters. The molecule has 144 valence electrons. The fourth-order valence-electron chi connectivity index (χ4n) is 2.46. The first-order valence-corrected chi connectivity index (χ1v) is 10.3. The van der Waals surface area contributed by atoms with Crippen molar-refractivity contribution in [3.63, 3.8) is 0 Å². The second kappa shape index (κ2) is 13.8. The third kappa shape index (κ3) is 8.08. The fraction of sp³-hybridized carbons (Fsp3) is 0.938. The average molecular weight is 363 g/mol. The summed E-state index contributed by atoms with van der Waals surface area (Å²) in [5.74, 6) is 0.904. The van der Waals surface area contributed by atoms with Crippen molar-refractivity contribution in [2.24, 2.45) is 4.76 Å². The maximum Gasteiger partial charge on any atom is 0.310 e. The van der Waals surface area contributed by atoms with Crippen molar-refractivity contribution in [3.05, 3.63) is 0 Å². The maximum absolute atomic E-state index is 9.77. The van der Waals surface area contributed by atoms with Crippen LogP contribution in [-0.2, 0) is 4.52 Å². The van der Waals surface area contributed by atoms with Crippen molar-refractivity contribution in [2.45, 2.75) is 27.7 Å². The molecule has 2 heterocycles. The van der Waals surface area contributed by atoms with Gasteiger partial charge in [0.05, 0.1) is 0 Å². The lowest BCUT2D eigenvalue weighted by molar-refractivity contribution is 0.168. The summed E-state index contributed by atoms with van der Waals surface area (Å²) in [6.07, 6.45) is 0. The quantitative estimate of drug-likeness (QED) is 0.458. The average Bonchev–Trinajstić information content (AvgIpc) is 2.64. The van der Waals surface area contributed by atoms with Gasteiger partial charge >= 0.3 is 8.53 Å². The Morgan fingerprint density at radius 1 is 0.792 bits per heavy atom. The van der Waals surface area contributed by atoms with Crippen LogP contribution < -0.4 is 0 Å². The van der Waals surface area contributed by atoms with E-state index in [2.05, 4.69) is 38.5 Å². The second-order valence-electron chi connectivity index (χ2n) is 5.42. The van der Waals surface area contributed by atoms with E-state index in [0.717, 1.165) is 58.3 Å². The lowest BCUT2D eigenvalue weighted by atomic mass is 10.3. The summed E-state index contributed by atoms with van der Waals surface area (Å²) in [5, 5.41) is 0. The number of hydrogen-bond donors (Lipinski definition) is 1. The van der Waals surface area contributed by atoms with Crippen LogP contribution in [0.25, 0.3) is 0 Å². The van der Waals surface area contributed by atoms with Crippen molar-refractivity contribution in [3.8, 4) is 0 Å². The number of piperazine rings is 2. The van der Waals surface area contributed by atoms with Gasteiger partial charge < -0.3 is 29.0 Å². The van der Waals surface area contributed by atoms with E-state index in [9.17, 15) is 4.89 Å². The van der Waals surface area contributed by atoms with E-state index in [1.807, 2.05) is 27.7 Å². The van der Waals surface area contributed by atoms with E-state index >= 15 is 0 Å². The summed E-state index contributed by atoms with van der Waals surface area (Å²) in [5.41, 5.74) is 0. The normalized spacial score (nSPS) is 20.3. The van der Waals surface area contributed by atoms with Crippen molar-refractivity contribution in [1.29, 1.82) is 0 Å². The Morgan fingerprint density at radius 3 is 1.42 bits per heavy atom. The van der Waals surface area contributed by atoms with Gasteiger partial charge in [0.2, 0.25) is 5.96 Å². The molecular weight excluding hydrogens is 325 g/mol. The standard InChI is InChI=1S/C12H26N5O2P.2C2H6/c1-14-4-8-16(9-5-14)12(13-20(18)19-3)17-10-6-15(2)7-11-17;2*1-2/h18H,4-11H2,1-3H3;2*1-2H3. The van der Waals surface area contributed by atoms with Gasteiger partial charge in [0.15, 0.2) is 0 Å². The van der Waals surface area contributed by atoms with Crippen LogP contribution in [0.5, 0.6) is 0 Å². The van der Waals surface area contributed by atoms with Crippen LogP contribution in [-0.4, -0.2) is 104 Å². The zero-order chi connectivity index (χ0) is 18.5. The minimum atomic E-state index is -1.71. The molecule has 2 saturated heterocycles. The van der Waals surface area contributed by atoms with Crippen LogP contribution >= 0.6 is 8.53 Å². The van der Waals surface area contributed by atoms with Gasteiger partial charge in [-0.25, -0.2) is 0 Å². The first-order chi connectivity index (χ1) is 11.6. The van der Waals surface area contributed by atoms with Crippen molar-refractivity contribution >= 4 is 14.5 Å². The van der Waals surface area contributed by atoms with Gasteiger partial charge in [-0.3, -0.25) is 0 Å². The van der Waals surface area contributed by atoms with E-state index in [4.69, 9.17) is 4.52 Å². The molecule has 0 saturated carbocycles. The monoisotopic (exact) mass is 363 g/mol. The Balaban J connectivity index is 0.00000123. The highest BCUT2D eigenvalue weighted by atomic mass is 31.2. The number of guanidine groups is 1. The molecule has 0 radical (unpaired) electrons. The zero-order valence-corrected chi connectivity index (χ0v) is 17.6. The molecule has 7 nitrogen and oxygen atoms in total. The molecule has 0 aromatic heterocycles. The molecule has 1 N–H and O–H groups in total. The second-order valence-corrected chi connectivity index (χ2v) is 6.49. The molecule has 2 rings (SSSR count). The lowest BCUT2D eigenvalue weighted by Gasteiger charge is -2.41. The first-order valence-electron chi connectivity index (χ1n) is 9.09. The number of likely N-dealkylation sites (N-methyl/N-ethyl adjacent to an activating group) is 2. The minimum absolute atomic E-state index is 0.904. The van der Waals surface area contributed by atoms with Crippen LogP contribution in [0.3, 0.4) is 0 Å². The molecule has 0 bridgehead atoms. The summed E-state index contributed by atoms with van der Waals surface area (Å²) >= 11 is 0. The van der Waals surface area contributed by atoms with E-state index in [0.29, 0.717) is 0 Å². The molecule has 2 fully saturated rings. The minimum Gasteiger partial charge on any atom is -0.340 e. The Morgan fingerprint density at radius 2 is 1.12 bits per heavy atom. The van der Waals surface area contributed by atoms with Gasteiger partial charge in [-0.05, 0) is 14.1 Å². The lowest BCUT2D eigenvalue weighted by Crippen LogP contribution is -2.56. The van der Waals surface area contributed by atoms with Crippen LogP contribution in [0, 0.1) is 0 Å². The fourth-order valence-corrected chi connectivity index (χ4v) is 2.94. The molecule has 24 heavy (non-hydrogen) atoms. The van der Waals surface area contributed by atoms with Crippen molar-refractivity contribution in [1.82, 2.24) is 19.6 Å². The molecule has 2 aliphatic rings. The topological polar surface area (TPSA) is 54.8 Å². The molecule has 0 aromatic rings. The van der Waals surface area contributed by atoms with Crippen LogP contribution in [0.2, 0.25) is 0 Å². The first kappa shape index (κ1) is 23.5. The largest absolute Gasteiger partial charge is 0.340 e. The Labute approximate surface area is 150 Å². The predicted molar refractivity (Wildman–Crippen MR) is 104 cm³/mol. The van der Waals surface area contributed by atoms with E-state index in [1.165, 1.54) is 7.11 Å². The molecule has 8 heteroatoms. The summed E-state index contributed by atoms with van der Waals surface area (Å²) in [6.45, 7) is 15.9. The highest BCUT2D eigenvalue weighted by Crippen LogP contribution is 2.32. The van der Waals surface area contributed by atoms with E-state index in [-0.39, 0.29) is 0 Å². The molecule has 2 aliphatic heterocycles. The van der Waals surface area contributed by atoms with Gasteiger partial charge in [-0.15, -0.1) is 0 Å². The summed E-state index contributed by atoms with van der Waals surface area (Å²) in [6, 6.07) is 0. The molecular formula is C16H38N5O2P. The van der Waals surface area contributed by atoms with Gasteiger partial charge in [0.25, 0.3) is 0 Å². The summed E-state index contributed by atoms with van der Waals surface area (Å²) < 4.78 is 9.39. The third-order valence-corrected chi connectivity index (χ3v) is 4.59. The summed E-state index contributed by atoms with van der Waals surface area (Å²) in [7, 11) is 4.06. The smallest absolute Gasteiger partial charge is 0.310 e. The number of nitrogens with zero attached hydrogens (tertiary/aromatic N) is 5. The number of rotatable bonds is 2. The van der Waals surface area contributed by atoms with Gasteiger partial charge in [-0.1, -0.05) is 27.7 Å². The van der Waals surface area contributed by atoms with Crippen molar-refractivity contribution in [2.75, 3.05) is 73.6 Å². The van der Waals surface area contributed by atoms with Crippen LogP contribution in [0.15, 0.2) is 4.76 Å². The van der Waals surface area contributed by atoms with Gasteiger partial charge in [0, 0.05) is 59.5 Å². The van der Waals surface area contributed by atoms with Crippen LogP contribution in [0.1, 0.15) is 27.7 Å². The predicted octanol–water partition coefficient (Wildman–Crippen LogP) is 1.76. The Hall–Kier alpha value is -0.460. The molecule has 0 aliphatic carbocycles. The Bertz CT molecular complexity index is 306. The summed E-state index contributed by atoms with van der Waals surface area (Å²) in [4.78, 5) is 19.0. The molecule has 1 unspecified atom stereocenters. The van der Waals surface area contributed by atoms with Crippen LogP contribution in [0.4, 0.5) is 0 Å². The molecule has 0 amide bonds. The van der Waals surface area contributed by atoms with E-state index in [1.54, 1.807) is 0 Å². The maximum atomic E-state index is 9.77. The third-order valence-electron chi connectivity index (χ3n) is 3.91. The highest BCUT2D eigenvalue weighted by Gasteiger charge is 2.25. The van der Waals surface area contributed by atoms with E-state index < -0.39 is 8.53 Å². The SMILES string of the molecule is CC.CC.COP(O)N=C(N1CCN(C)CC1)N1CCN(C)CC1. The van der Waals surface area contributed by atoms with Gasteiger partial charge in [-0.2, -0.15) is 4.76 Å². The highest BCUT2D eigenvalue weighted by molar-refractivity contribution is 7.44. The van der Waals surface area contributed by atoms with Gasteiger partial charge in [0.1, 0.15) is 0 Å². The Kier molecular flexibility index (Phi) is 13.5.